The molecule has 1 atom stereocenters. The zero-order valence-corrected chi connectivity index (χ0v) is 10.4. The third kappa shape index (κ3) is 3.05. The molecule has 0 amide bonds. The van der Waals surface area contributed by atoms with Crippen LogP contribution in [0.15, 0.2) is 30.6 Å². The van der Waals surface area contributed by atoms with Crippen LogP contribution in [0.2, 0.25) is 5.02 Å². The summed E-state index contributed by atoms with van der Waals surface area (Å²) in [6.45, 7) is 3.04. The minimum atomic E-state index is 0.0103. The molecule has 0 aliphatic rings. The highest BCUT2D eigenvalue weighted by Gasteiger charge is 2.15. The Morgan fingerprint density at radius 2 is 2.35 bits per heavy atom. The molecular weight excluding hydrogens is 236 g/mol. The summed E-state index contributed by atoms with van der Waals surface area (Å²) in [5.74, 6) is 0.806. The van der Waals surface area contributed by atoms with Crippen LogP contribution >= 0.6 is 11.6 Å². The van der Waals surface area contributed by atoms with Crippen molar-refractivity contribution in [2.75, 3.05) is 6.54 Å². The number of benzene rings is 1. The summed E-state index contributed by atoms with van der Waals surface area (Å²) < 4.78 is 0. The standard InChI is InChI=1S/C12H15ClN4/c1-2-6-14-11(12-15-8-16-17-12)9-4-3-5-10(13)7-9/h3-5,7-8,11,14H,2,6H2,1H3,(H,15,16,17). The maximum Gasteiger partial charge on any atom is 0.145 e. The molecule has 0 spiro atoms. The molecule has 2 aromatic rings. The summed E-state index contributed by atoms with van der Waals surface area (Å²) in [7, 11) is 0. The second-order valence-corrected chi connectivity index (χ2v) is 4.25. The van der Waals surface area contributed by atoms with Gasteiger partial charge in [-0.2, -0.15) is 5.10 Å². The Balaban J connectivity index is 2.27. The highest BCUT2D eigenvalue weighted by atomic mass is 35.5. The van der Waals surface area contributed by atoms with E-state index in [-0.39, 0.29) is 6.04 Å². The van der Waals surface area contributed by atoms with Gasteiger partial charge in [0.25, 0.3) is 0 Å². The first kappa shape index (κ1) is 12.1. The molecule has 1 aromatic carbocycles. The van der Waals surface area contributed by atoms with Gasteiger partial charge in [0, 0.05) is 5.02 Å². The molecule has 0 aliphatic heterocycles. The number of hydrogen-bond acceptors (Lipinski definition) is 3. The van der Waals surface area contributed by atoms with E-state index in [4.69, 9.17) is 11.6 Å². The van der Waals surface area contributed by atoms with Gasteiger partial charge < -0.3 is 5.32 Å². The van der Waals surface area contributed by atoms with Crippen molar-refractivity contribution < 1.29 is 0 Å². The quantitative estimate of drug-likeness (QED) is 0.858. The van der Waals surface area contributed by atoms with E-state index in [2.05, 4.69) is 27.4 Å². The Morgan fingerprint density at radius 1 is 1.47 bits per heavy atom. The van der Waals surface area contributed by atoms with Crippen molar-refractivity contribution >= 4 is 11.6 Å². The van der Waals surface area contributed by atoms with Gasteiger partial charge in [0.15, 0.2) is 0 Å². The Morgan fingerprint density at radius 3 is 3.00 bits per heavy atom. The van der Waals surface area contributed by atoms with Crippen LogP contribution in [0.25, 0.3) is 0 Å². The number of aromatic amines is 1. The molecule has 1 aromatic heterocycles. The fourth-order valence-corrected chi connectivity index (χ4v) is 1.90. The third-order valence-electron chi connectivity index (χ3n) is 2.49. The number of halogens is 1. The summed E-state index contributed by atoms with van der Waals surface area (Å²) in [6.07, 6.45) is 2.58. The topological polar surface area (TPSA) is 53.6 Å². The van der Waals surface area contributed by atoms with Crippen LogP contribution in [0.4, 0.5) is 0 Å². The smallest absolute Gasteiger partial charge is 0.145 e. The first-order valence-corrected chi connectivity index (χ1v) is 6.03. The van der Waals surface area contributed by atoms with E-state index in [1.54, 1.807) is 0 Å². The third-order valence-corrected chi connectivity index (χ3v) is 2.72. The van der Waals surface area contributed by atoms with Gasteiger partial charge in [0.2, 0.25) is 0 Å². The lowest BCUT2D eigenvalue weighted by atomic mass is 10.1. The van der Waals surface area contributed by atoms with Crippen LogP contribution in [0.3, 0.4) is 0 Å². The van der Waals surface area contributed by atoms with Crippen LogP contribution < -0.4 is 5.32 Å². The second kappa shape index (κ2) is 5.80. The Hall–Kier alpha value is -1.39. The number of H-pyrrole nitrogens is 1. The molecule has 1 unspecified atom stereocenters. The van der Waals surface area contributed by atoms with Crippen LogP contribution in [-0.2, 0) is 0 Å². The van der Waals surface area contributed by atoms with Crippen molar-refractivity contribution in [3.63, 3.8) is 0 Å². The van der Waals surface area contributed by atoms with Gasteiger partial charge in [-0.25, -0.2) is 4.98 Å². The SMILES string of the molecule is CCCNC(c1cccc(Cl)c1)c1ncn[nH]1. The van der Waals surface area contributed by atoms with Gasteiger partial charge in [-0.1, -0.05) is 30.7 Å². The van der Waals surface area contributed by atoms with Crippen LogP contribution in [-0.4, -0.2) is 21.7 Å². The average Bonchev–Trinajstić information content (AvgIpc) is 2.83. The molecule has 5 heteroatoms. The maximum absolute atomic E-state index is 6.01. The maximum atomic E-state index is 6.01. The summed E-state index contributed by atoms with van der Waals surface area (Å²) in [5.41, 5.74) is 1.09. The lowest BCUT2D eigenvalue weighted by Crippen LogP contribution is -2.24. The molecule has 0 bridgehead atoms. The van der Waals surface area contributed by atoms with Crippen molar-refractivity contribution in [3.8, 4) is 0 Å². The lowest BCUT2D eigenvalue weighted by molar-refractivity contribution is 0.574. The minimum Gasteiger partial charge on any atom is -0.304 e. The minimum absolute atomic E-state index is 0.0103. The number of hydrogen-bond donors (Lipinski definition) is 2. The van der Waals surface area contributed by atoms with Crippen molar-refractivity contribution in [1.29, 1.82) is 0 Å². The van der Waals surface area contributed by atoms with Gasteiger partial charge in [-0.3, -0.25) is 5.10 Å². The van der Waals surface area contributed by atoms with Gasteiger partial charge in [0.05, 0.1) is 6.04 Å². The zero-order valence-electron chi connectivity index (χ0n) is 9.65. The fourth-order valence-electron chi connectivity index (χ4n) is 1.70. The highest BCUT2D eigenvalue weighted by Crippen LogP contribution is 2.21. The number of aromatic nitrogens is 3. The van der Waals surface area contributed by atoms with Crippen molar-refractivity contribution in [1.82, 2.24) is 20.5 Å². The summed E-state index contributed by atoms with van der Waals surface area (Å²) >= 11 is 6.01. The number of rotatable bonds is 5. The van der Waals surface area contributed by atoms with Crippen LogP contribution in [0.5, 0.6) is 0 Å². The van der Waals surface area contributed by atoms with Gasteiger partial charge in [-0.15, -0.1) is 0 Å². The molecule has 90 valence electrons. The number of nitrogens with zero attached hydrogens (tertiary/aromatic N) is 2. The van der Waals surface area contributed by atoms with E-state index in [1.807, 2.05) is 24.3 Å². The molecule has 1 heterocycles. The molecule has 0 radical (unpaired) electrons. The monoisotopic (exact) mass is 250 g/mol. The van der Waals surface area contributed by atoms with Gasteiger partial charge in [-0.05, 0) is 30.7 Å². The molecule has 0 aliphatic carbocycles. The second-order valence-electron chi connectivity index (χ2n) is 3.81. The molecule has 0 fully saturated rings. The van der Waals surface area contributed by atoms with E-state index in [0.29, 0.717) is 0 Å². The Bertz CT molecular complexity index is 455. The van der Waals surface area contributed by atoms with Crippen molar-refractivity contribution in [2.45, 2.75) is 19.4 Å². The summed E-state index contributed by atoms with van der Waals surface area (Å²) in [5, 5.41) is 10.9. The summed E-state index contributed by atoms with van der Waals surface area (Å²) in [6, 6.07) is 7.78. The normalized spacial score (nSPS) is 12.6. The van der Waals surface area contributed by atoms with E-state index < -0.39 is 0 Å². The first-order valence-electron chi connectivity index (χ1n) is 5.65. The van der Waals surface area contributed by atoms with Gasteiger partial charge >= 0.3 is 0 Å². The van der Waals surface area contributed by atoms with Crippen LogP contribution in [0.1, 0.15) is 30.8 Å². The molecule has 0 saturated heterocycles. The zero-order chi connectivity index (χ0) is 12.1. The molecular formula is C12H15ClN4. The average molecular weight is 251 g/mol. The predicted molar refractivity (Wildman–Crippen MR) is 68.0 cm³/mol. The predicted octanol–water partition coefficient (Wildman–Crippen LogP) is 2.55. The largest absolute Gasteiger partial charge is 0.304 e. The molecule has 4 nitrogen and oxygen atoms in total. The van der Waals surface area contributed by atoms with E-state index in [9.17, 15) is 0 Å². The molecule has 17 heavy (non-hydrogen) atoms. The number of nitrogens with one attached hydrogen (secondary N) is 2. The summed E-state index contributed by atoms with van der Waals surface area (Å²) in [4.78, 5) is 4.20. The lowest BCUT2D eigenvalue weighted by Gasteiger charge is -2.16. The highest BCUT2D eigenvalue weighted by molar-refractivity contribution is 6.30. The molecule has 0 saturated carbocycles. The van der Waals surface area contributed by atoms with Gasteiger partial charge in [0.1, 0.15) is 12.2 Å². The Labute approximate surface area is 105 Å². The van der Waals surface area contributed by atoms with E-state index >= 15 is 0 Å². The first-order chi connectivity index (χ1) is 8.31. The van der Waals surface area contributed by atoms with E-state index in [0.717, 1.165) is 29.4 Å². The molecule has 2 rings (SSSR count). The van der Waals surface area contributed by atoms with Crippen molar-refractivity contribution in [3.05, 3.63) is 47.0 Å². The molecule has 2 N–H and O–H groups in total. The van der Waals surface area contributed by atoms with Crippen molar-refractivity contribution in [2.24, 2.45) is 0 Å². The van der Waals surface area contributed by atoms with E-state index in [1.165, 1.54) is 6.33 Å². The van der Waals surface area contributed by atoms with Crippen LogP contribution in [0, 0.1) is 0 Å². The fraction of sp³-hybridized carbons (Fsp3) is 0.333. The Kier molecular flexibility index (Phi) is 4.12.